The van der Waals surface area contributed by atoms with Gasteiger partial charge < -0.3 is 20.1 Å². The highest BCUT2D eigenvalue weighted by Gasteiger charge is 2.28. The number of imidazole rings is 1. The molecule has 0 aliphatic heterocycles. The van der Waals surface area contributed by atoms with Gasteiger partial charge in [-0.2, -0.15) is 5.26 Å². The van der Waals surface area contributed by atoms with Gasteiger partial charge in [0.15, 0.2) is 11.6 Å². The van der Waals surface area contributed by atoms with Crippen LogP contribution >= 0.6 is 11.6 Å². The van der Waals surface area contributed by atoms with E-state index in [-0.39, 0.29) is 17.3 Å². The Labute approximate surface area is 195 Å². The molecule has 0 radical (unpaired) electrons. The number of benzene rings is 2. The molecule has 0 saturated heterocycles. The molecule has 1 amide bonds. The minimum absolute atomic E-state index is 0.135. The summed E-state index contributed by atoms with van der Waals surface area (Å²) >= 11 is 5.86. The maximum atomic E-state index is 12.8. The van der Waals surface area contributed by atoms with Crippen LogP contribution < -0.4 is 5.32 Å². The van der Waals surface area contributed by atoms with Gasteiger partial charge >= 0.3 is 5.97 Å². The van der Waals surface area contributed by atoms with Crippen LogP contribution in [0.1, 0.15) is 36.5 Å². The number of aliphatic hydroxyl groups excluding tert-OH is 1. The molecule has 3 N–H and O–H groups in total. The van der Waals surface area contributed by atoms with Gasteiger partial charge in [-0.25, -0.2) is 9.78 Å². The van der Waals surface area contributed by atoms with Gasteiger partial charge in [-0.3, -0.25) is 4.79 Å². The SMILES string of the molecule is CC[C@@H](C)[C@H](NC(=O)c1ccc(Cl)cc1)C(=O)OC/C(O)=C(\C#N)c1nc2ccccc2[nH]1. The fourth-order valence-electron chi connectivity index (χ4n) is 3.12. The standard InChI is InChI=1S/C24H23ClN4O4/c1-3-14(2)21(29-23(31)15-8-10-16(25)11-9-15)24(32)33-13-20(30)17(12-26)22-27-18-6-4-5-7-19(18)28-22/h4-11,14,21,30H,3,13H2,1-2H3,(H,27,28)(H,29,31)/b20-17-/t14-,21+/m1/s1. The van der Waals surface area contributed by atoms with E-state index in [9.17, 15) is 20.0 Å². The van der Waals surface area contributed by atoms with Crippen molar-refractivity contribution >= 4 is 40.1 Å². The van der Waals surface area contributed by atoms with Crippen molar-refractivity contribution in [3.05, 3.63) is 70.7 Å². The number of aromatic nitrogens is 2. The Balaban J connectivity index is 1.73. The number of aromatic amines is 1. The summed E-state index contributed by atoms with van der Waals surface area (Å²) in [7, 11) is 0. The molecule has 0 fully saturated rings. The number of ether oxygens (including phenoxy) is 1. The third-order valence-electron chi connectivity index (χ3n) is 5.24. The molecule has 0 bridgehead atoms. The number of nitrogens with zero attached hydrogens (tertiary/aromatic N) is 2. The second kappa shape index (κ2) is 10.7. The van der Waals surface area contributed by atoms with Crippen LogP contribution in [0.5, 0.6) is 0 Å². The molecule has 1 aromatic heterocycles. The molecular formula is C24H23ClN4O4. The number of hydrogen-bond acceptors (Lipinski definition) is 6. The third-order valence-corrected chi connectivity index (χ3v) is 5.49. The van der Waals surface area contributed by atoms with Gasteiger partial charge in [0, 0.05) is 10.6 Å². The zero-order chi connectivity index (χ0) is 24.0. The molecule has 2 aromatic carbocycles. The van der Waals surface area contributed by atoms with E-state index in [1.807, 2.05) is 19.1 Å². The van der Waals surface area contributed by atoms with Crippen molar-refractivity contribution in [2.75, 3.05) is 6.61 Å². The molecule has 9 heteroatoms. The zero-order valence-corrected chi connectivity index (χ0v) is 18.9. The van der Waals surface area contributed by atoms with Gasteiger partial charge in [0.25, 0.3) is 5.91 Å². The van der Waals surface area contributed by atoms with Gasteiger partial charge in [0.2, 0.25) is 0 Å². The van der Waals surface area contributed by atoms with Crippen LogP contribution in [0.2, 0.25) is 5.02 Å². The van der Waals surface area contributed by atoms with Crippen LogP contribution in [0.15, 0.2) is 54.3 Å². The van der Waals surface area contributed by atoms with Crippen molar-refractivity contribution in [3.8, 4) is 6.07 Å². The summed E-state index contributed by atoms with van der Waals surface area (Å²) in [5.74, 6) is -1.68. The Hall–Kier alpha value is -3.83. The van der Waals surface area contributed by atoms with E-state index in [1.54, 1.807) is 49.4 Å². The number of fused-ring (bicyclic) bond motifs is 1. The number of nitriles is 1. The number of carbonyl (C=O) groups is 2. The van der Waals surface area contributed by atoms with E-state index < -0.39 is 30.3 Å². The number of rotatable bonds is 8. The maximum Gasteiger partial charge on any atom is 0.329 e. The number of nitrogens with one attached hydrogen (secondary N) is 2. The quantitative estimate of drug-likeness (QED) is 0.256. The first kappa shape index (κ1) is 23.8. The lowest BCUT2D eigenvalue weighted by atomic mass is 9.98. The van der Waals surface area contributed by atoms with Crippen molar-refractivity contribution < 1.29 is 19.4 Å². The van der Waals surface area contributed by atoms with Crippen LogP contribution in [-0.4, -0.2) is 39.6 Å². The molecule has 0 aliphatic rings. The molecule has 3 rings (SSSR count). The monoisotopic (exact) mass is 466 g/mol. The van der Waals surface area contributed by atoms with E-state index in [1.165, 1.54) is 0 Å². The van der Waals surface area contributed by atoms with Crippen LogP contribution in [0.4, 0.5) is 0 Å². The second-order valence-corrected chi connectivity index (χ2v) is 7.92. The predicted molar refractivity (Wildman–Crippen MR) is 124 cm³/mol. The average Bonchev–Trinajstić information content (AvgIpc) is 3.25. The smallest absolute Gasteiger partial charge is 0.329 e. The summed E-state index contributed by atoms with van der Waals surface area (Å²) in [6.45, 7) is 3.15. The summed E-state index contributed by atoms with van der Waals surface area (Å²) in [5.41, 5.74) is 1.54. The number of hydrogen-bond donors (Lipinski definition) is 3. The Kier molecular flexibility index (Phi) is 7.70. The number of amides is 1. The molecule has 170 valence electrons. The second-order valence-electron chi connectivity index (χ2n) is 7.49. The minimum atomic E-state index is -0.942. The van der Waals surface area contributed by atoms with Crippen molar-refractivity contribution in [3.63, 3.8) is 0 Å². The van der Waals surface area contributed by atoms with E-state index in [0.29, 0.717) is 28.0 Å². The molecule has 8 nitrogen and oxygen atoms in total. The van der Waals surface area contributed by atoms with Crippen molar-refractivity contribution in [2.45, 2.75) is 26.3 Å². The number of para-hydroxylation sites is 2. The summed E-state index contributed by atoms with van der Waals surface area (Å²) in [6.07, 6.45) is 0.602. The number of esters is 1. The number of allylic oxidation sites excluding steroid dienone is 1. The topological polar surface area (TPSA) is 128 Å². The Morgan fingerprint density at radius 2 is 1.94 bits per heavy atom. The van der Waals surface area contributed by atoms with Crippen LogP contribution in [0, 0.1) is 17.2 Å². The van der Waals surface area contributed by atoms with Gasteiger partial charge in [-0.05, 0) is 42.3 Å². The number of H-pyrrole nitrogens is 1. The fraction of sp³-hybridized carbons (Fsp3) is 0.250. The lowest BCUT2D eigenvalue weighted by molar-refractivity contribution is -0.147. The van der Waals surface area contributed by atoms with Crippen molar-refractivity contribution in [2.24, 2.45) is 5.92 Å². The Morgan fingerprint density at radius 1 is 1.24 bits per heavy atom. The molecule has 33 heavy (non-hydrogen) atoms. The molecule has 0 spiro atoms. The van der Waals surface area contributed by atoms with Gasteiger partial charge in [0.1, 0.15) is 24.3 Å². The number of halogens is 1. The lowest BCUT2D eigenvalue weighted by Gasteiger charge is -2.22. The van der Waals surface area contributed by atoms with E-state index in [4.69, 9.17) is 16.3 Å². The Bertz CT molecular complexity index is 1190. The molecule has 3 aromatic rings. The number of carbonyl (C=O) groups excluding carboxylic acids is 2. The van der Waals surface area contributed by atoms with Gasteiger partial charge in [-0.15, -0.1) is 0 Å². The zero-order valence-electron chi connectivity index (χ0n) is 18.1. The fourth-order valence-corrected chi connectivity index (χ4v) is 3.25. The third kappa shape index (κ3) is 5.70. The number of aliphatic hydroxyl groups is 1. The van der Waals surface area contributed by atoms with Gasteiger partial charge in [-0.1, -0.05) is 44.0 Å². The first-order chi connectivity index (χ1) is 15.8. The largest absolute Gasteiger partial charge is 0.507 e. The highest BCUT2D eigenvalue weighted by molar-refractivity contribution is 6.30. The lowest BCUT2D eigenvalue weighted by Crippen LogP contribution is -2.46. The normalized spacial score (nSPS) is 13.5. The molecule has 0 saturated carbocycles. The first-order valence-corrected chi connectivity index (χ1v) is 10.7. The van der Waals surface area contributed by atoms with Crippen molar-refractivity contribution in [1.29, 1.82) is 5.26 Å². The summed E-state index contributed by atoms with van der Waals surface area (Å²) < 4.78 is 5.25. The molecular weight excluding hydrogens is 444 g/mol. The molecule has 1 heterocycles. The molecule has 0 unspecified atom stereocenters. The first-order valence-electron chi connectivity index (χ1n) is 10.3. The molecule has 0 aliphatic carbocycles. The van der Waals surface area contributed by atoms with Crippen LogP contribution in [-0.2, 0) is 9.53 Å². The van der Waals surface area contributed by atoms with E-state index >= 15 is 0 Å². The average molecular weight is 467 g/mol. The summed E-state index contributed by atoms with van der Waals surface area (Å²) in [5, 5.41) is 23.1. The highest BCUT2D eigenvalue weighted by Crippen LogP contribution is 2.19. The molecule has 2 atom stereocenters. The van der Waals surface area contributed by atoms with Crippen LogP contribution in [0.25, 0.3) is 16.6 Å². The highest BCUT2D eigenvalue weighted by atomic mass is 35.5. The minimum Gasteiger partial charge on any atom is -0.507 e. The van der Waals surface area contributed by atoms with Crippen molar-refractivity contribution in [1.82, 2.24) is 15.3 Å². The van der Waals surface area contributed by atoms with Crippen LogP contribution in [0.3, 0.4) is 0 Å². The van der Waals surface area contributed by atoms with E-state index in [2.05, 4.69) is 15.3 Å². The Morgan fingerprint density at radius 3 is 2.58 bits per heavy atom. The summed E-state index contributed by atoms with van der Waals surface area (Å²) in [4.78, 5) is 32.6. The predicted octanol–water partition coefficient (Wildman–Crippen LogP) is 4.40. The van der Waals surface area contributed by atoms with Gasteiger partial charge in [0.05, 0.1) is 11.0 Å². The summed E-state index contributed by atoms with van der Waals surface area (Å²) in [6, 6.07) is 14.4. The van der Waals surface area contributed by atoms with E-state index in [0.717, 1.165) is 0 Å². The maximum absolute atomic E-state index is 12.8.